The molecule has 21 heavy (non-hydrogen) atoms. The van der Waals surface area contributed by atoms with Crippen LogP contribution in [0.1, 0.15) is 5.56 Å². The lowest BCUT2D eigenvalue weighted by atomic mass is 10.1. The SMILES string of the molecule is Clc1cccc(Cl)c1COc1ccc2ccccc2c1Br. The van der Waals surface area contributed by atoms with Crippen LogP contribution < -0.4 is 4.74 Å². The molecule has 0 aromatic heterocycles. The van der Waals surface area contributed by atoms with Crippen LogP contribution in [-0.2, 0) is 6.61 Å². The van der Waals surface area contributed by atoms with Crippen LogP contribution in [0.25, 0.3) is 10.8 Å². The molecule has 0 radical (unpaired) electrons. The van der Waals surface area contributed by atoms with Gasteiger partial charge >= 0.3 is 0 Å². The van der Waals surface area contributed by atoms with Gasteiger partial charge in [-0.3, -0.25) is 0 Å². The largest absolute Gasteiger partial charge is 0.488 e. The van der Waals surface area contributed by atoms with Crippen molar-refractivity contribution in [2.75, 3.05) is 0 Å². The minimum atomic E-state index is 0.329. The van der Waals surface area contributed by atoms with E-state index in [-0.39, 0.29) is 0 Å². The first kappa shape index (κ1) is 14.7. The molecule has 0 aliphatic heterocycles. The van der Waals surface area contributed by atoms with Crippen molar-refractivity contribution in [2.45, 2.75) is 6.61 Å². The normalized spacial score (nSPS) is 10.8. The average Bonchev–Trinajstić information content (AvgIpc) is 2.49. The zero-order valence-corrected chi connectivity index (χ0v) is 14.0. The van der Waals surface area contributed by atoms with E-state index in [4.69, 9.17) is 27.9 Å². The minimum absolute atomic E-state index is 0.329. The van der Waals surface area contributed by atoms with Gasteiger partial charge in [0.25, 0.3) is 0 Å². The first-order valence-electron chi connectivity index (χ1n) is 6.40. The summed E-state index contributed by atoms with van der Waals surface area (Å²) in [5.74, 6) is 0.768. The summed E-state index contributed by atoms with van der Waals surface area (Å²) >= 11 is 15.9. The predicted octanol–water partition coefficient (Wildman–Crippen LogP) is 6.49. The van der Waals surface area contributed by atoms with Crippen molar-refractivity contribution in [3.05, 3.63) is 74.7 Å². The highest BCUT2D eigenvalue weighted by molar-refractivity contribution is 9.10. The Hall–Kier alpha value is -1.22. The van der Waals surface area contributed by atoms with Crippen molar-refractivity contribution in [1.29, 1.82) is 0 Å². The number of benzene rings is 3. The van der Waals surface area contributed by atoms with E-state index in [1.54, 1.807) is 0 Å². The molecule has 1 nitrogen and oxygen atoms in total. The Labute approximate surface area is 141 Å². The van der Waals surface area contributed by atoms with E-state index in [0.29, 0.717) is 16.7 Å². The molecule has 3 aromatic carbocycles. The van der Waals surface area contributed by atoms with Gasteiger partial charge < -0.3 is 4.74 Å². The molecule has 0 saturated heterocycles. The van der Waals surface area contributed by atoms with Crippen molar-refractivity contribution in [3.63, 3.8) is 0 Å². The van der Waals surface area contributed by atoms with Gasteiger partial charge in [0.05, 0.1) is 4.47 Å². The Morgan fingerprint density at radius 2 is 1.57 bits per heavy atom. The fourth-order valence-electron chi connectivity index (χ4n) is 2.15. The predicted molar refractivity (Wildman–Crippen MR) is 92.4 cm³/mol. The molecule has 0 saturated carbocycles. The first-order chi connectivity index (χ1) is 10.2. The maximum absolute atomic E-state index is 6.15. The second kappa shape index (κ2) is 6.27. The van der Waals surface area contributed by atoms with E-state index >= 15 is 0 Å². The van der Waals surface area contributed by atoms with Gasteiger partial charge in [-0.05, 0) is 44.9 Å². The lowest BCUT2D eigenvalue weighted by Gasteiger charge is -2.12. The van der Waals surface area contributed by atoms with Crippen molar-refractivity contribution in [3.8, 4) is 5.75 Å². The van der Waals surface area contributed by atoms with Crippen molar-refractivity contribution in [1.82, 2.24) is 0 Å². The molecule has 0 amide bonds. The first-order valence-corrected chi connectivity index (χ1v) is 7.94. The average molecular weight is 382 g/mol. The number of hydrogen-bond donors (Lipinski definition) is 0. The standard InChI is InChI=1S/C17H11BrCl2O/c18-17-12-5-2-1-4-11(12)8-9-16(17)21-10-13-14(19)6-3-7-15(13)20/h1-9H,10H2. The molecule has 0 fully saturated rings. The molecule has 0 unspecified atom stereocenters. The summed E-state index contributed by atoms with van der Waals surface area (Å²) in [4.78, 5) is 0. The van der Waals surface area contributed by atoms with Crippen LogP contribution in [0.3, 0.4) is 0 Å². The molecule has 0 aliphatic carbocycles. The van der Waals surface area contributed by atoms with Gasteiger partial charge in [0, 0.05) is 15.6 Å². The summed E-state index contributed by atoms with van der Waals surface area (Å²) in [6.45, 7) is 0.329. The molecule has 106 valence electrons. The fraction of sp³-hybridized carbons (Fsp3) is 0.0588. The summed E-state index contributed by atoms with van der Waals surface area (Å²) in [7, 11) is 0. The second-order valence-corrected chi connectivity index (χ2v) is 6.20. The minimum Gasteiger partial charge on any atom is -0.488 e. The Balaban J connectivity index is 1.91. The van der Waals surface area contributed by atoms with Gasteiger partial charge in [0.15, 0.2) is 0 Å². The molecule has 0 atom stereocenters. The van der Waals surface area contributed by atoms with E-state index in [1.165, 1.54) is 0 Å². The van der Waals surface area contributed by atoms with Crippen LogP contribution in [0.15, 0.2) is 59.1 Å². The van der Waals surface area contributed by atoms with Crippen LogP contribution in [0, 0.1) is 0 Å². The molecule has 3 aromatic rings. The quantitative estimate of drug-likeness (QED) is 0.503. The van der Waals surface area contributed by atoms with Gasteiger partial charge in [-0.15, -0.1) is 0 Å². The Kier molecular flexibility index (Phi) is 4.39. The summed E-state index contributed by atoms with van der Waals surface area (Å²) in [6.07, 6.45) is 0. The topological polar surface area (TPSA) is 9.23 Å². The van der Waals surface area contributed by atoms with Crippen molar-refractivity contribution < 1.29 is 4.74 Å². The second-order valence-electron chi connectivity index (χ2n) is 4.59. The van der Waals surface area contributed by atoms with Crippen molar-refractivity contribution >= 4 is 49.9 Å². The maximum atomic E-state index is 6.15. The maximum Gasteiger partial charge on any atom is 0.134 e. The summed E-state index contributed by atoms with van der Waals surface area (Å²) in [5.41, 5.74) is 0.792. The lowest BCUT2D eigenvalue weighted by molar-refractivity contribution is 0.305. The van der Waals surface area contributed by atoms with E-state index in [9.17, 15) is 0 Å². The third kappa shape index (κ3) is 3.03. The van der Waals surface area contributed by atoms with Gasteiger partial charge in [-0.25, -0.2) is 0 Å². The Morgan fingerprint density at radius 1 is 0.857 bits per heavy atom. The van der Waals surface area contributed by atoms with Gasteiger partial charge in [-0.1, -0.05) is 59.6 Å². The van der Waals surface area contributed by atoms with Crippen LogP contribution in [-0.4, -0.2) is 0 Å². The smallest absolute Gasteiger partial charge is 0.134 e. The monoisotopic (exact) mass is 380 g/mol. The molecular formula is C17H11BrCl2O. The number of hydrogen-bond acceptors (Lipinski definition) is 1. The van der Waals surface area contributed by atoms with E-state index in [2.05, 4.69) is 28.1 Å². The van der Waals surface area contributed by atoms with Crippen LogP contribution in [0.5, 0.6) is 5.75 Å². The molecule has 0 bridgehead atoms. The van der Waals surface area contributed by atoms with E-state index in [1.807, 2.05) is 42.5 Å². The molecule has 0 aliphatic rings. The van der Waals surface area contributed by atoms with Crippen LogP contribution >= 0.6 is 39.1 Å². The molecule has 0 heterocycles. The third-order valence-corrected chi connectivity index (χ3v) is 4.79. The zero-order valence-electron chi connectivity index (χ0n) is 10.9. The fourth-order valence-corrected chi connectivity index (χ4v) is 3.26. The molecule has 3 rings (SSSR count). The number of halogens is 3. The molecule has 0 spiro atoms. The Morgan fingerprint density at radius 3 is 2.33 bits per heavy atom. The van der Waals surface area contributed by atoms with E-state index < -0.39 is 0 Å². The molecule has 0 N–H and O–H groups in total. The number of fused-ring (bicyclic) bond motifs is 1. The van der Waals surface area contributed by atoms with Gasteiger partial charge in [-0.2, -0.15) is 0 Å². The zero-order chi connectivity index (χ0) is 14.8. The molecular weight excluding hydrogens is 371 g/mol. The van der Waals surface area contributed by atoms with Crippen LogP contribution in [0.4, 0.5) is 0 Å². The number of ether oxygens (including phenoxy) is 1. The molecule has 4 heteroatoms. The van der Waals surface area contributed by atoms with E-state index in [0.717, 1.165) is 26.6 Å². The highest BCUT2D eigenvalue weighted by atomic mass is 79.9. The highest BCUT2D eigenvalue weighted by Crippen LogP contribution is 2.34. The summed E-state index contributed by atoms with van der Waals surface area (Å²) in [5, 5.41) is 3.49. The lowest BCUT2D eigenvalue weighted by Crippen LogP contribution is -1.98. The Bertz CT molecular complexity index is 782. The van der Waals surface area contributed by atoms with Gasteiger partial charge in [0.2, 0.25) is 0 Å². The van der Waals surface area contributed by atoms with Crippen molar-refractivity contribution in [2.24, 2.45) is 0 Å². The van der Waals surface area contributed by atoms with Crippen LogP contribution in [0.2, 0.25) is 10.0 Å². The number of rotatable bonds is 3. The summed E-state index contributed by atoms with van der Waals surface area (Å²) < 4.78 is 6.81. The highest BCUT2D eigenvalue weighted by Gasteiger charge is 2.09. The van der Waals surface area contributed by atoms with Gasteiger partial charge in [0.1, 0.15) is 12.4 Å². The third-order valence-electron chi connectivity index (χ3n) is 3.26. The summed E-state index contributed by atoms with van der Waals surface area (Å²) in [6, 6.07) is 17.5.